The number of benzene rings is 1. The Labute approximate surface area is 176 Å². The number of nitrogens with zero attached hydrogens (tertiary/aromatic N) is 3. The van der Waals surface area contributed by atoms with E-state index in [0.29, 0.717) is 6.42 Å². The number of ether oxygens (including phenoxy) is 2. The zero-order valence-electron chi connectivity index (χ0n) is 16.6. The Hall–Kier alpha value is -3.74. The van der Waals surface area contributed by atoms with E-state index in [4.69, 9.17) is 15.2 Å². The van der Waals surface area contributed by atoms with E-state index in [1.165, 1.54) is 24.5 Å². The summed E-state index contributed by atoms with van der Waals surface area (Å²) < 4.78 is 39.4. The lowest BCUT2D eigenvalue weighted by atomic mass is 9.85. The van der Waals surface area contributed by atoms with Crippen LogP contribution in [0.25, 0.3) is 0 Å². The predicted octanol–water partition coefficient (Wildman–Crippen LogP) is 2.17. The molecule has 1 saturated carbocycles. The van der Waals surface area contributed by atoms with E-state index in [1.807, 2.05) is 0 Å². The molecule has 4 rings (SSSR count). The van der Waals surface area contributed by atoms with Crippen LogP contribution in [0.5, 0.6) is 5.88 Å². The number of amides is 1. The molecule has 1 unspecified atom stereocenters. The van der Waals surface area contributed by atoms with Crippen molar-refractivity contribution in [2.75, 3.05) is 18.6 Å². The Kier molecular flexibility index (Phi) is 5.42. The molecular weight excluding hydrogens is 408 g/mol. The lowest BCUT2D eigenvalue weighted by Gasteiger charge is -2.31. The van der Waals surface area contributed by atoms with Crippen LogP contribution in [0.15, 0.2) is 35.6 Å². The van der Waals surface area contributed by atoms with Crippen LogP contribution in [0.4, 0.5) is 14.5 Å². The van der Waals surface area contributed by atoms with Crippen molar-refractivity contribution in [1.82, 2.24) is 9.97 Å². The maximum atomic E-state index is 14.7. The Morgan fingerprint density at radius 3 is 2.97 bits per heavy atom. The third kappa shape index (κ3) is 3.99. The molecule has 1 amide bonds. The van der Waals surface area contributed by atoms with Gasteiger partial charge in [0.1, 0.15) is 29.8 Å². The minimum Gasteiger partial charge on any atom is -0.463 e. The fourth-order valence-electron chi connectivity index (χ4n) is 3.55. The molecule has 1 aliphatic carbocycles. The van der Waals surface area contributed by atoms with Crippen LogP contribution in [0.2, 0.25) is 0 Å². The second kappa shape index (κ2) is 8.18. The first-order chi connectivity index (χ1) is 15.0. The van der Waals surface area contributed by atoms with Gasteiger partial charge in [0, 0.05) is 17.2 Å². The lowest BCUT2D eigenvalue weighted by Crippen LogP contribution is -2.39. The summed E-state index contributed by atoms with van der Waals surface area (Å²) in [4.78, 5) is 24.6. The van der Waals surface area contributed by atoms with Crippen molar-refractivity contribution in [1.29, 1.82) is 0 Å². The van der Waals surface area contributed by atoms with Gasteiger partial charge < -0.3 is 20.5 Å². The third-order valence-corrected chi connectivity index (χ3v) is 5.15. The van der Waals surface area contributed by atoms with Crippen molar-refractivity contribution in [2.24, 2.45) is 16.6 Å². The molecule has 31 heavy (non-hydrogen) atoms. The highest BCUT2D eigenvalue weighted by Gasteiger charge is 2.60. The summed E-state index contributed by atoms with van der Waals surface area (Å²) in [7, 11) is 0. The van der Waals surface area contributed by atoms with Crippen LogP contribution >= 0.6 is 0 Å². The van der Waals surface area contributed by atoms with Gasteiger partial charge in [-0.15, -0.1) is 5.92 Å². The molecule has 0 radical (unpaired) electrons. The number of nitrogens with one attached hydrogen (secondary N) is 1. The molecule has 1 fully saturated rings. The highest BCUT2D eigenvalue weighted by Crippen LogP contribution is 2.53. The lowest BCUT2D eigenvalue weighted by molar-refractivity contribution is 0.102. The second-order valence-electron chi connectivity index (χ2n) is 7.11. The number of aromatic nitrogens is 2. The highest BCUT2D eigenvalue weighted by molar-refractivity contribution is 6.02. The number of carbonyl (C=O) groups excluding carboxylic acids is 1. The Morgan fingerprint density at radius 1 is 1.42 bits per heavy atom. The first kappa shape index (κ1) is 20.5. The first-order valence-electron chi connectivity index (χ1n) is 9.50. The molecule has 8 nitrogen and oxygen atoms in total. The maximum absolute atomic E-state index is 14.7. The molecule has 0 saturated heterocycles. The van der Waals surface area contributed by atoms with Gasteiger partial charge in [-0.05, 0) is 31.5 Å². The monoisotopic (exact) mass is 427 g/mol. The molecule has 2 heterocycles. The number of alkyl halides is 1. The SMILES string of the molecule is CC#CCOc1cnc(C(=O)Nc2ccc(F)c([C@@]3(CF)N=C(N)OC4C[C@@H]43)c2)cn1. The molecule has 3 atom stereocenters. The summed E-state index contributed by atoms with van der Waals surface area (Å²) in [6.45, 7) is 0.901. The number of hydrogen-bond donors (Lipinski definition) is 2. The highest BCUT2D eigenvalue weighted by atomic mass is 19.1. The van der Waals surface area contributed by atoms with E-state index in [0.717, 1.165) is 6.07 Å². The molecule has 0 spiro atoms. The Morgan fingerprint density at radius 2 is 2.26 bits per heavy atom. The second-order valence-corrected chi connectivity index (χ2v) is 7.11. The number of nitrogens with two attached hydrogens (primary N) is 1. The molecule has 2 aromatic rings. The molecule has 1 aromatic heterocycles. The van der Waals surface area contributed by atoms with Gasteiger partial charge in [-0.2, -0.15) is 0 Å². The molecular formula is C21H19F2N5O3. The number of rotatable bonds is 6. The summed E-state index contributed by atoms with van der Waals surface area (Å²) in [5, 5.41) is 2.61. The number of hydrogen-bond acceptors (Lipinski definition) is 7. The van der Waals surface area contributed by atoms with Gasteiger partial charge >= 0.3 is 0 Å². The fourth-order valence-corrected chi connectivity index (χ4v) is 3.55. The van der Waals surface area contributed by atoms with Gasteiger partial charge in [0.25, 0.3) is 11.9 Å². The van der Waals surface area contributed by atoms with Gasteiger partial charge in [0.2, 0.25) is 5.88 Å². The molecule has 10 heteroatoms. The molecule has 1 aromatic carbocycles. The van der Waals surface area contributed by atoms with Crippen molar-refractivity contribution in [2.45, 2.75) is 25.0 Å². The standard InChI is InChI=1S/C21H19F2N5O3/c1-2-3-6-30-18-10-25-16(9-26-18)19(29)27-12-4-5-15(23)13(7-12)21(11-22)14-8-17(14)31-20(24)28-21/h4-5,7,9-10,14,17H,6,8,11H2,1H3,(H2,24,28)(H,27,29)/t14-,17?,21+/m0/s1. The van der Waals surface area contributed by atoms with Crippen LogP contribution in [0, 0.1) is 23.6 Å². The van der Waals surface area contributed by atoms with E-state index in [2.05, 4.69) is 32.1 Å². The van der Waals surface area contributed by atoms with Gasteiger partial charge in [0.05, 0.1) is 12.4 Å². The Bertz CT molecular complexity index is 1100. The van der Waals surface area contributed by atoms with Crippen molar-refractivity contribution in [3.63, 3.8) is 0 Å². The zero-order chi connectivity index (χ0) is 22.0. The number of amidine groups is 1. The smallest absolute Gasteiger partial charge is 0.283 e. The summed E-state index contributed by atoms with van der Waals surface area (Å²) in [6, 6.07) is 3.71. The molecule has 2 aliphatic rings. The van der Waals surface area contributed by atoms with E-state index >= 15 is 0 Å². The van der Waals surface area contributed by atoms with Crippen molar-refractivity contribution < 1.29 is 23.0 Å². The van der Waals surface area contributed by atoms with Crippen LogP contribution in [0.3, 0.4) is 0 Å². The van der Waals surface area contributed by atoms with Gasteiger partial charge in [-0.25, -0.2) is 23.7 Å². The maximum Gasteiger partial charge on any atom is 0.283 e. The Balaban J connectivity index is 1.54. The summed E-state index contributed by atoms with van der Waals surface area (Å²) in [5.74, 6) is 4.09. The quantitative estimate of drug-likeness (QED) is 0.684. The molecule has 1 aliphatic heterocycles. The van der Waals surface area contributed by atoms with E-state index < -0.39 is 23.9 Å². The van der Waals surface area contributed by atoms with Crippen LogP contribution in [-0.4, -0.2) is 41.3 Å². The van der Waals surface area contributed by atoms with Crippen molar-refractivity contribution >= 4 is 17.6 Å². The average Bonchev–Trinajstić information content (AvgIpc) is 3.55. The summed E-state index contributed by atoms with van der Waals surface area (Å²) in [5.41, 5.74) is 4.49. The van der Waals surface area contributed by atoms with E-state index in [1.54, 1.807) is 6.92 Å². The minimum atomic E-state index is -1.47. The predicted molar refractivity (Wildman–Crippen MR) is 108 cm³/mol. The van der Waals surface area contributed by atoms with E-state index in [9.17, 15) is 13.6 Å². The summed E-state index contributed by atoms with van der Waals surface area (Å²) >= 11 is 0. The third-order valence-electron chi connectivity index (χ3n) is 5.15. The van der Waals surface area contributed by atoms with Crippen LogP contribution in [0.1, 0.15) is 29.4 Å². The number of anilines is 1. The minimum absolute atomic E-state index is 0.0124. The number of halogens is 2. The van der Waals surface area contributed by atoms with Crippen molar-refractivity contribution in [3.8, 4) is 17.7 Å². The molecule has 0 bridgehead atoms. The topological polar surface area (TPSA) is 112 Å². The average molecular weight is 427 g/mol. The first-order valence-corrected chi connectivity index (χ1v) is 9.50. The number of fused-ring (bicyclic) bond motifs is 1. The van der Waals surface area contributed by atoms with Crippen LogP contribution in [-0.2, 0) is 10.3 Å². The van der Waals surface area contributed by atoms with Gasteiger partial charge in [-0.1, -0.05) is 5.92 Å². The molecule has 3 N–H and O–H groups in total. The van der Waals surface area contributed by atoms with Gasteiger partial charge in [-0.3, -0.25) is 4.79 Å². The fraction of sp³-hybridized carbons (Fsp3) is 0.333. The molecule has 160 valence electrons. The summed E-state index contributed by atoms with van der Waals surface area (Å²) in [6.07, 6.45) is 2.78. The number of carbonyl (C=O) groups is 1. The largest absolute Gasteiger partial charge is 0.463 e. The zero-order valence-corrected chi connectivity index (χ0v) is 16.6. The van der Waals surface area contributed by atoms with E-state index in [-0.39, 0.29) is 47.5 Å². The van der Waals surface area contributed by atoms with Crippen molar-refractivity contribution in [3.05, 3.63) is 47.7 Å². The number of aliphatic imine (C=N–C) groups is 1. The van der Waals surface area contributed by atoms with Crippen LogP contribution < -0.4 is 15.8 Å². The normalized spacial score (nSPS) is 23.4. The van der Waals surface area contributed by atoms with Gasteiger partial charge in [0.15, 0.2) is 6.61 Å².